The van der Waals surface area contributed by atoms with E-state index in [1.54, 1.807) is 6.33 Å². The van der Waals surface area contributed by atoms with E-state index in [1.165, 1.54) is 16.7 Å². The fraction of sp³-hybridized carbons (Fsp3) is 0.250. The van der Waals surface area contributed by atoms with Crippen molar-refractivity contribution in [2.45, 2.75) is 27.7 Å². The molecule has 0 spiro atoms. The maximum absolute atomic E-state index is 4.62. The first-order valence-electron chi connectivity index (χ1n) is 8.29. The first-order valence-corrected chi connectivity index (χ1v) is 8.29. The van der Waals surface area contributed by atoms with E-state index in [4.69, 9.17) is 0 Å². The summed E-state index contributed by atoms with van der Waals surface area (Å²) in [5.74, 6) is 1.74. The van der Waals surface area contributed by atoms with Gasteiger partial charge >= 0.3 is 0 Å². The Balaban J connectivity index is 0.00000196. The zero-order chi connectivity index (χ0) is 17.7. The predicted molar refractivity (Wildman–Crippen MR) is 98.9 cm³/mol. The molecule has 0 unspecified atom stereocenters. The average Bonchev–Trinajstić information content (AvgIpc) is 3.12. The molecule has 6 heteroatoms. The maximum Gasteiger partial charge on any atom is 0.127 e. The van der Waals surface area contributed by atoms with E-state index in [1.807, 2.05) is 30.8 Å². The van der Waals surface area contributed by atoms with Crippen molar-refractivity contribution >= 4 is 11.0 Å². The van der Waals surface area contributed by atoms with Gasteiger partial charge in [-0.3, -0.25) is 14.6 Å². The molecule has 5 nitrogen and oxygen atoms in total. The summed E-state index contributed by atoms with van der Waals surface area (Å²) in [5, 5.41) is 4.51. The minimum absolute atomic E-state index is 0. The Morgan fingerprint density at radius 2 is 1.73 bits per heavy atom. The van der Waals surface area contributed by atoms with E-state index in [0.29, 0.717) is 0 Å². The first-order chi connectivity index (χ1) is 12.0. The van der Waals surface area contributed by atoms with Gasteiger partial charge in [-0.25, -0.2) is 0 Å². The van der Waals surface area contributed by atoms with Crippen LogP contribution in [0.1, 0.15) is 22.5 Å². The summed E-state index contributed by atoms with van der Waals surface area (Å²) in [6, 6.07) is 11.6. The normalized spacial score (nSPS) is 11.0. The van der Waals surface area contributed by atoms with Gasteiger partial charge in [0.15, 0.2) is 0 Å². The average molecular weight is 523 g/mol. The topological polar surface area (TPSA) is 48.5 Å². The zero-order valence-electron chi connectivity index (χ0n) is 15.5. The van der Waals surface area contributed by atoms with Crippen LogP contribution in [0.15, 0.2) is 30.6 Å². The van der Waals surface area contributed by atoms with Crippen LogP contribution in [0.5, 0.6) is 0 Å². The number of hydrogen-bond acceptors (Lipinski definition) is 3. The molecule has 135 valence electrons. The van der Waals surface area contributed by atoms with Crippen molar-refractivity contribution < 1.29 is 20.1 Å². The molecule has 4 aromatic rings. The molecular weight excluding hydrogens is 502 g/mol. The van der Waals surface area contributed by atoms with Crippen LogP contribution in [0, 0.1) is 33.8 Å². The molecule has 0 amide bonds. The van der Waals surface area contributed by atoms with E-state index in [-0.39, 0.29) is 20.1 Å². The number of rotatable bonds is 2. The van der Waals surface area contributed by atoms with Gasteiger partial charge < -0.3 is 4.57 Å². The predicted octanol–water partition coefficient (Wildman–Crippen LogP) is 3.85. The molecule has 4 rings (SSSR count). The first kappa shape index (κ1) is 18.5. The summed E-state index contributed by atoms with van der Waals surface area (Å²) in [4.78, 5) is 9.17. The zero-order valence-corrected chi connectivity index (χ0v) is 17.9. The molecule has 0 atom stereocenters. The van der Waals surface area contributed by atoms with Crippen molar-refractivity contribution in [3.05, 3.63) is 59.2 Å². The van der Waals surface area contributed by atoms with E-state index < -0.39 is 0 Å². The van der Waals surface area contributed by atoms with Gasteiger partial charge in [-0.05, 0) is 44.3 Å². The third kappa shape index (κ3) is 2.79. The van der Waals surface area contributed by atoms with Crippen LogP contribution in [0.25, 0.3) is 28.1 Å². The summed E-state index contributed by atoms with van der Waals surface area (Å²) < 4.78 is 3.99. The molecule has 0 fully saturated rings. The van der Waals surface area contributed by atoms with Gasteiger partial charge in [0, 0.05) is 32.7 Å². The molecule has 1 radical (unpaired) electrons. The van der Waals surface area contributed by atoms with Gasteiger partial charge in [0.05, 0.1) is 17.3 Å². The van der Waals surface area contributed by atoms with Gasteiger partial charge in [-0.15, -0.1) is 18.2 Å². The number of nitrogens with zero attached hydrogens (tertiary/aromatic N) is 5. The molecule has 0 bridgehead atoms. The van der Waals surface area contributed by atoms with Crippen LogP contribution in [0.4, 0.5) is 0 Å². The number of imidazole rings is 1. The second-order valence-electron chi connectivity index (χ2n) is 6.55. The molecule has 0 aliphatic heterocycles. The van der Waals surface area contributed by atoms with Crippen LogP contribution in [0.3, 0.4) is 0 Å². The second-order valence-corrected chi connectivity index (χ2v) is 6.55. The Hall–Kier alpha value is -2.30. The van der Waals surface area contributed by atoms with Crippen molar-refractivity contribution in [3.63, 3.8) is 0 Å². The van der Waals surface area contributed by atoms with Gasteiger partial charge in [0.1, 0.15) is 6.33 Å². The molecule has 0 N–H and O–H groups in total. The molecular formula is C20H20IrN5-. The van der Waals surface area contributed by atoms with E-state index in [0.717, 1.165) is 33.9 Å². The van der Waals surface area contributed by atoms with Crippen LogP contribution in [0.2, 0.25) is 0 Å². The maximum atomic E-state index is 4.62. The third-order valence-corrected chi connectivity index (χ3v) is 4.67. The smallest absolute Gasteiger partial charge is 0.127 e. The minimum atomic E-state index is 0. The summed E-state index contributed by atoms with van der Waals surface area (Å²) in [5.41, 5.74) is 7.56. The van der Waals surface area contributed by atoms with Crippen molar-refractivity contribution in [3.8, 4) is 17.1 Å². The van der Waals surface area contributed by atoms with Gasteiger partial charge in [-0.1, -0.05) is 23.3 Å². The number of aryl methyl sites for hydroxylation is 5. The fourth-order valence-electron chi connectivity index (χ4n) is 3.57. The van der Waals surface area contributed by atoms with Gasteiger partial charge in [0.25, 0.3) is 0 Å². The van der Waals surface area contributed by atoms with Crippen LogP contribution in [-0.4, -0.2) is 24.3 Å². The largest absolute Gasteiger partial charge is 0.371 e. The molecule has 0 saturated heterocycles. The van der Waals surface area contributed by atoms with Crippen molar-refractivity contribution in [2.75, 3.05) is 0 Å². The summed E-state index contributed by atoms with van der Waals surface area (Å²) in [6.07, 6.45) is 1.60. The van der Waals surface area contributed by atoms with Crippen molar-refractivity contribution in [1.82, 2.24) is 24.3 Å². The molecule has 2 aromatic carbocycles. The Bertz CT molecular complexity index is 1080. The van der Waals surface area contributed by atoms with E-state index in [2.05, 4.69) is 58.6 Å². The third-order valence-electron chi connectivity index (χ3n) is 4.67. The van der Waals surface area contributed by atoms with Crippen LogP contribution >= 0.6 is 0 Å². The molecule has 26 heavy (non-hydrogen) atoms. The number of fused-ring (bicyclic) bond motifs is 1. The Morgan fingerprint density at radius 3 is 2.42 bits per heavy atom. The summed E-state index contributed by atoms with van der Waals surface area (Å²) in [7, 11) is 2.02. The number of aromatic nitrogens is 5. The molecule has 0 aliphatic carbocycles. The number of hydrogen-bond donors (Lipinski definition) is 0. The SMILES string of the molecule is Cc1cc(C)c(-n2ncnc2-c2[c-]ccc3nc(C)n(C)c23)c(C)c1.[Ir]. The fourth-order valence-corrected chi connectivity index (χ4v) is 3.57. The Labute approximate surface area is 166 Å². The van der Waals surface area contributed by atoms with Gasteiger partial charge in [-0.2, -0.15) is 5.10 Å². The second kappa shape index (κ2) is 6.78. The molecule has 0 saturated carbocycles. The molecule has 0 aliphatic rings. The molecule has 2 heterocycles. The minimum Gasteiger partial charge on any atom is -0.371 e. The quantitative estimate of drug-likeness (QED) is 0.376. The monoisotopic (exact) mass is 523 g/mol. The van der Waals surface area contributed by atoms with Crippen LogP contribution < -0.4 is 0 Å². The molecule has 2 aromatic heterocycles. The Morgan fingerprint density at radius 1 is 1.04 bits per heavy atom. The summed E-state index contributed by atoms with van der Waals surface area (Å²) in [6.45, 7) is 8.33. The van der Waals surface area contributed by atoms with Gasteiger partial charge in [0.2, 0.25) is 0 Å². The van der Waals surface area contributed by atoms with E-state index in [9.17, 15) is 0 Å². The number of benzene rings is 2. The van der Waals surface area contributed by atoms with Crippen molar-refractivity contribution in [2.24, 2.45) is 7.05 Å². The van der Waals surface area contributed by atoms with E-state index >= 15 is 0 Å². The summed E-state index contributed by atoms with van der Waals surface area (Å²) >= 11 is 0. The Kier molecular flexibility index (Phi) is 4.82. The van der Waals surface area contributed by atoms with Crippen LogP contribution in [-0.2, 0) is 27.2 Å². The van der Waals surface area contributed by atoms with Crippen molar-refractivity contribution in [1.29, 1.82) is 0 Å². The standard InChI is InChI=1S/C20H20N5.Ir/c1-12-9-13(2)18(14(3)10-12)25-20(21-11-22-25)16-7-6-8-17-19(16)24(5)15(4)23-17;/h6,8-11H,1-5H3;/q-1;.